The lowest BCUT2D eigenvalue weighted by Crippen LogP contribution is -2.43. The standard InChI is InChI=1S/C20H26N2O3S.ClH/c1-16-8-9-20(17(2)14-16)26(23,24)21-19(18-6-4-3-5-7-18)15-22-10-12-25-13-11-22;/h3-9,14,19,21H,10-13,15H2,1-2H3;1H. The first-order valence-corrected chi connectivity index (χ1v) is 10.4. The average molecular weight is 411 g/mol. The van der Waals surface area contributed by atoms with Gasteiger partial charge in [0.2, 0.25) is 10.0 Å². The fourth-order valence-electron chi connectivity index (χ4n) is 3.29. The van der Waals surface area contributed by atoms with Crippen molar-refractivity contribution in [3.8, 4) is 0 Å². The Morgan fingerprint density at radius 3 is 2.37 bits per heavy atom. The molecule has 1 N–H and O–H groups in total. The molecule has 0 saturated carbocycles. The van der Waals surface area contributed by atoms with Gasteiger partial charge in [0.05, 0.1) is 24.2 Å². The predicted molar refractivity (Wildman–Crippen MR) is 110 cm³/mol. The number of nitrogens with one attached hydrogen (secondary N) is 1. The zero-order valence-corrected chi connectivity index (χ0v) is 17.4. The van der Waals surface area contributed by atoms with E-state index in [0.717, 1.165) is 29.8 Å². The van der Waals surface area contributed by atoms with E-state index in [4.69, 9.17) is 4.74 Å². The largest absolute Gasteiger partial charge is 0.379 e. The van der Waals surface area contributed by atoms with E-state index in [9.17, 15) is 8.42 Å². The van der Waals surface area contributed by atoms with E-state index in [1.54, 1.807) is 6.07 Å². The van der Waals surface area contributed by atoms with E-state index < -0.39 is 10.0 Å². The number of halogens is 1. The average Bonchev–Trinajstić information content (AvgIpc) is 2.62. The van der Waals surface area contributed by atoms with Gasteiger partial charge in [0.15, 0.2) is 0 Å². The normalized spacial score (nSPS) is 16.5. The van der Waals surface area contributed by atoms with Crippen LogP contribution < -0.4 is 4.72 Å². The van der Waals surface area contributed by atoms with Gasteiger partial charge in [0.25, 0.3) is 0 Å². The highest BCUT2D eigenvalue weighted by Crippen LogP contribution is 2.22. The van der Waals surface area contributed by atoms with Crippen LogP contribution in [0.15, 0.2) is 53.4 Å². The molecule has 2 aromatic rings. The molecule has 148 valence electrons. The second-order valence-electron chi connectivity index (χ2n) is 6.77. The van der Waals surface area contributed by atoms with Gasteiger partial charge in [-0.2, -0.15) is 0 Å². The molecule has 7 heteroatoms. The second kappa shape index (κ2) is 9.66. The van der Waals surface area contributed by atoms with Gasteiger partial charge in [-0.05, 0) is 31.0 Å². The van der Waals surface area contributed by atoms with Gasteiger partial charge in [0, 0.05) is 19.6 Å². The Hall–Kier alpha value is -1.44. The van der Waals surface area contributed by atoms with Crippen LogP contribution in [-0.2, 0) is 14.8 Å². The number of hydrogen-bond donors (Lipinski definition) is 1. The number of rotatable bonds is 6. The summed E-state index contributed by atoms with van der Waals surface area (Å²) >= 11 is 0. The van der Waals surface area contributed by atoms with Crippen molar-refractivity contribution >= 4 is 22.4 Å². The minimum atomic E-state index is -3.61. The first-order chi connectivity index (χ1) is 12.5. The van der Waals surface area contributed by atoms with Gasteiger partial charge >= 0.3 is 0 Å². The molecular weight excluding hydrogens is 384 g/mol. The van der Waals surface area contributed by atoms with Crippen molar-refractivity contribution in [1.82, 2.24) is 9.62 Å². The third-order valence-corrected chi connectivity index (χ3v) is 6.30. The molecule has 1 aliphatic heterocycles. The predicted octanol–water partition coefficient (Wildman–Crippen LogP) is 3.08. The maximum Gasteiger partial charge on any atom is 0.241 e. The van der Waals surface area contributed by atoms with E-state index >= 15 is 0 Å². The van der Waals surface area contributed by atoms with Crippen LogP contribution in [0.4, 0.5) is 0 Å². The van der Waals surface area contributed by atoms with Crippen LogP contribution in [0.5, 0.6) is 0 Å². The second-order valence-corrected chi connectivity index (χ2v) is 8.45. The third-order valence-electron chi connectivity index (χ3n) is 4.66. The molecule has 0 aromatic heterocycles. The summed E-state index contributed by atoms with van der Waals surface area (Å²) in [6.07, 6.45) is 0. The summed E-state index contributed by atoms with van der Waals surface area (Å²) in [5.41, 5.74) is 2.78. The van der Waals surface area contributed by atoms with Crippen molar-refractivity contribution in [2.75, 3.05) is 32.8 Å². The molecule has 3 rings (SSSR count). The first kappa shape index (κ1) is 21.9. The summed E-state index contributed by atoms with van der Waals surface area (Å²) in [4.78, 5) is 2.58. The molecule has 1 atom stereocenters. The summed E-state index contributed by atoms with van der Waals surface area (Å²) in [5.74, 6) is 0. The van der Waals surface area contributed by atoms with Crippen molar-refractivity contribution in [3.05, 3.63) is 65.2 Å². The summed E-state index contributed by atoms with van der Waals surface area (Å²) in [6, 6.07) is 14.9. The summed E-state index contributed by atoms with van der Waals surface area (Å²) in [5, 5.41) is 0. The molecule has 2 aromatic carbocycles. The summed E-state index contributed by atoms with van der Waals surface area (Å²) in [7, 11) is -3.61. The third kappa shape index (κ3) is 5.77. The lowest BCUT2D eigenvalue weighted by atomic mass is 10.1. The van der Waals surface area contributed by atoms with E-state index in [-0.39, 0.29) is 18.4 Å². The van der Waals surface area contributed by atoms with Crippen molar-refractivity contribution in [3.63, 3.8) is 0 Å². The number of nitrogens with zero attached hydrogens (tertiary/aromatic N) is 1. The topological polar surface area (TPSA) is 58.6 Å². The fourth-order valence-corrected chi connectivity index (χ4v) is 4.73. The van der Waals surface area contributed by atoms with Crippen LogP contribution in [-0.4, -0.2) is 46.2 Å². The Morgan fingerprint density at radius 1 is 1.07 bits per heavy atom. The molecule has 5 nitrogen and oxygen atoms in total. The van der Waals surface area contributed by atoms with E-state index in [1.807, 2.05) is 56.3 Å². The Balaban J connectivity index is 0.00000261. The first-order valence-electron chi connectivity index (χ1n) is 8.90. The summed E-state index contributed by atoms with van der Waals surface area (Å²) in [6.45, 7) is 7.42. The van der Waals surface area contributed by atoms with Crippen LogP contribution in [0.1, 0.15) is 22.7 Å². The molecule has 0 spiro atoms. The maximum absolute atomic E-state index is 13.0. The smallest absolute Gasteiger partial charge is 0.241 e. The molecule has 0 bridgehead atoms. The Kier molecular flexibility index (Phi) is 7.82. The molecule has 1 unspecified atom stereocenters. The maximum atomic E-state index is 13.0. The van der Waals surface area contributed by atoms with Gasteiger partial charge in [-0.3, -0.25) is 4.90 Å². The van der Waals surface area contributed by atoms with E-state index in [0.29, 0.717) is 24.7 Å². The minimum absolute atomic E-state index is 0. The lowest BCUT2D eigenvalue weighted by molar-refractivity contribution is 0.0345. The van der Waals surface area contributed by atoms with Gasteiger partial charge in [-0.15, -0.1) is 12.4 Å². The SMILES string of the molecule is Cc1ccc(S(=O)(=O)NC(CN2CCOCC2)c2ccccc2)c(C)c1.Cl. The molecule has 1 saturated heterocycles. The van der Waals surface area contributed by atoms with Crippen LogP contribution in [0.2, 0.25) is 0 Å². The summed E-state index contributed by atoms with van der Waals surface area (Å²) < 4.78 is 34.4. The Bertz CT molecular complexity index is 838. The van der Waals surface area contributed by atoms with Gasteiger partial charge in [-0.25, -0.2) is 13.1 Å². The molecule has 1 heterocycles. The van der Waals surface area contributed by atoms with Gasteiger partial charge in [0.1, 0.15) is 0 Å². The van der Waals surface area contributed by atoms with Crippen molar-refractivity contribution < 1.29 is 13.2 Å². The molecule has 0 amide bonds. The van der Waals surface area contributed by atoms with E-state index in [1.165, 1.54) is 0 Å². The number of morpholine rings is 1. The van der Waals surface area contributed by atoms with Crippen LogP contribution in [0.25, 0.3) is 0 Å². The number of sulfonamides is 1. The van der Waals surface area contributed by atoms with Gasteiger partial charge < -0.3 is 4.74 Å². The van der Waals surface area contributed by atoms with Crippen LogP contribution in [0, 0.1) is 13.8 Å². The lowest BCUT2D eigenvalue weighted by Gasteiger charge is -2.31. The minimum Gasteiger partial charge on any atom is -0.379 e. The molecule has 27 heavy (non-hydrogen) atoms. The highest BCUT2D eigenvalue weighted by atomic mass is 35.5. The highest BCUT2D eigenvalue weighted by Gasteiger charge is 2.25. The zero-order chi connectivity index (χ0) is 18.6. The van der Waals surface area contributed by atoms with Crippen molar-refractivity contribution in [1.29, 1.82) is 0 Å². The number of ether oxygens (including phenoxy) is 1. The number of benzene rings is 2. The van der Waals surface area contributed by atoms with Crippen LogP contribution in [0.3, 0.4) is 0 Å². The van der Waals surface area contributed by atoms with Crippen molar-refractivity contribution in [2.24, 2.45) is 0 Å². The zero-order valence-electron chi connectivity index (χ0n) is 15.7. The van der Waals surface area contributed by atoms with Crippen LogP contribution >= 0.6 is 12.4 Å². The molecular formula is C20H27ClN2O3S. The highest BCUT2D eigenvalue weighted by molar-refractivity contribution is 7.89. The van der Waals surface area contributed by atoms with E-state index in [2.05, 4.69) is 9.62 Å². The Labute approximate surface area is 168 Å². The molecule has 1 aliphatic rings. The number of hydrogen-bond acceptors (Lipinski definition) is 4. The fraction of sp³-hybridized carbons (Fsp3) is 0.400. The van der Waals surface area contributed by atoms with Gasteiger partial charge in [-0.1, -0.05) is 48.0 Å². The molecule has 0 aliphatic carbocycles. The Morgan fingerprint density at radius 2 is 1.74 bits per heavy atom. The number of aryl methyl sites for hydroxylation is 2. The molecule has 0 radical (unpaired) electrons. The molecule has 1 fully saturated rings. The van der Waals surface area contributed by atoms with Crippen molar-refractivity contribution in [2.45, 2.75) is 24.8 Å². The monoisotopic (exact) mass is 410 g/mol. The quantitative estimate of drug-likeness (QED) is 0.795.